The topological polar surface area (TPSA) is 29.3 Å². The van der Waals surface area contributed by atoms with Crippen LogP contribution in [0.15, 0.2) is 18.2 Å². The Bertz CT molecular complexity index is 479. The molecule has 0 atom stereocenters. The average molecular weight is 311 g/mol. The summed E-state index contributed by atoms with van der Waals surface area (Å²) in [4.78, 5) is 2.89. The van der Waals surface area contributed by atoms with Crippen molar-refractivity contribution in [1.82, 2.24) is 4.90 Å². The van der Waals surface area contributed by atoms with Crippen LogP contribution in [-0.2, 0) is 6.54 Å². The van der Waals surface area contributed by atoms with E-state index in [1.807, 2.05) is 18.2 Å². The highest BCUT2D eigenvalue weighted by Crippen LogP contribution is 2.27. The third-order valence-electron chi connectivity index (χ3n) is 4.31. The summed E-state index contributed by atoms with van der Waals surface area (Å²) in [5, 5.41) is 0.765. The molecule has 2 N–H and O–H groups in total. The summed E-state index contributed by atoms with van der Waals surface area (Å²) in [5.41, 5.74) is 7.62. The van der Waals surface area contributed by atoms with Crippen LogP contribution in [0, 0.1) is 11.8 Å². The Balaban J connectivity index is 1.96. The van der Waals surface area contributed by atoms with E-state index >= 15 is 0 Å². The van der Waals surface area contributed by atoms with Crippen LogP contribution < -0.4 is 5.73 Å². The van der Waals surface area contributed by atoms with E-state index in [0.717, 1.165) is 47.6 Å². The molecule has 2 rings (SSSR count). The van der Waals surface area contributed by atoms with Gasteiger partial charge in [-0.2, -0.15) is 0 Å². The standard InChI is InChI=1S/C16H23ClN2S/c1-11(2)12-5-7-19(8-6-12)10-14-4-3-13(16(18)20)9-15(14)17/h3-4,9,11-12H,5-8,10H2,1-2H3,(H2,18,20). The van der Waals surface area contributed by atoms with Gasteiger partial charge in [-0.05, 0) is 49.4 Å². The lowest BCUT2D eigenvalue weighted by atomic mass is 9.86. The lowest BCUT2D eigenvalue weighted by Crippen LogP contribution is -2.34. The molecule has 110 valence electrons. The third-order valence-corrected chi connectivity index (χ3v) is 4.89. The molecule has 2 nitrogen and oxygen atoms in total. The van der Waals surface area contributed by atoms with Gasteiger partial charge in [0.25, 0.3) is 0 Å². The first-order valence-electron chi connectivity index (χ1n) is 7.28. The van der Waals surface area contributed by atoms with Gasteiger partial charge in [0, 0.05) is 17.1 Å². The fraction of sp³-hybridized carbons (Fsp3) is 0.562. The molecule has 4 heteroatoms. The highest BCUT2D eigenvalue weighted by atomic mass is 35.5. The Hall–Kier alpha value is -0.640. The predicted molar refractivity (Wildman–Crippen MR) is 90.2 cm³/mol. The van der Waals surface area contributed by atoms with Crippen LogP contribution in [0.3, 0.4) is 0 Å². The van der Waals surface area contributed by atoms with Crippen molar-refractivity contribution >= 4 is 28.8 Å². The van der Waals surface area contributed by atoms with E-state index in [2.05, 4.69) is 18.7 Å². The molecular formula is C16H23ClN2S. The molecule has 0 aromatic heterocycles. The molecule has 0 spiro atoms. The second-order valence-corrected chi connectivity index (χ2v) is 6.88. The van der Waals surface area contributed by atoms with Gasteiger partial charge in [-0.15, -0.1) is 0 Å². The molecule has 1 aliphatic rings. The number of hydrogen-bond donors (Lipinski definition) is 1. The smallest absolute Gasteiger partial charge is 0.104 e. The molecule has 0 aliphatic carbocycles. The van der Waals surface area contributed by atoms with Crippen molar-refractivity contribution in [2.45, 2.75) is 33.2 Å². The van der Waals surface area contributed by atoms with Gasteiger partial charge in [0.2, 0.25) is 0 Å². The fourth-order valence-corrected chi connectivity index (χ4v) is 3.21. The van der Waals surface area contributed by atoms with Crippen LogP contribution in [0.25, 0.3) is 0 Å². The van der Waals surface area contributed by atoms with E-state index in [0.29, 0.717) is 4.99 Å². The van der Waals surface area contributed by atoms with E-state index in [1.165, 1.54) is 12.8 Å². The van der Waals surface area contributed by atoms with Crippen molar-refractivity contribution in [3.63, 3.8) is 0 Å². The molecule has 0 amide bonds. The SMILES string of the molecule is CC(C)C1CCN(Cc2ccc(C(N)=S)cc2Cl)CC1. The monoisotopic (exact) mass is 310 g/mol. The van der Waals surface area contributed by atoms with Crippen LogP contribution >= 0.6 is 23.8 Å². The minimum atomic E-state index is 0.399. The maximum Gasteiger partial charge on any atom is 0.104 e. The van der Waals surface area contributed by atoms with Gasteiger partial charge in [0.1, 0.15) is 4.99 Å². The van der Waals surface area contributed by atoms with Gasteiger partial charge in [-0.25, -0.2) is 0 Å². The van der Waals surface area contributed by atoms with Crippen molar-refractivity contribution in [2.24, 2.45) is 17.6 Å². The first-order valence-corrected chi connectivity index (χ1v) is 8.06. The zero-order valence-electron chi connectivity index (χ0n) is 12.2. The second kappa shape index (κ2) is 6.88. The Kier molecular flexibility index (Phi) is 5.42. The molecule has 20 heavy (non-hydrogen) atoms. The highest BCUT2D eigenvalue weighted by molar-refractivity contribution is 7.80. The number of nitrogens with two attached hydrogens (primary N) is 1. The number of likely N-dealkylation sites (tertiary alicyclic amines) is 1. The first kappa shape index (κ1) is 15.7. The van der Waals surface area contributed by atoms with E-state index in [-0.39, 0.29) is 0 Å². The number of nitrogens with zero attached hydrogens (tertiary/aromatic N) is 1. The number of thiocarbonyl (C=S) groups is 1. The quantitative estimate of drug-likeness (QED) is 0.857. The van der Waals surface area contributed by atoms with Crippen molar-refractivity contribution in [3.8, 4) is 0 Å². The van der Waals surface area contributed by atoms with E-state index in [4.69, 9.17) is 29.6 Å². The summed E-state index contributed by atoms with van der Waals surface area (Å²) in [6.45, 7) is 7.89. The summed E-state index contributed by atoms with van der Waals surface area (Å²) in [6, 6.07) is 5.88. The molecule has 1 aromatic rings. The summed E-state index contributed by atoms with van der Waals surface area (Å²) in [5.74, 6) is 1.67. The van der Waals surface area contributed by atoms with Crippen LogP contribution in [0.2, 0.25) is 5.02 Å². The number of rotatable bonds is 4. The van der Waals surface area contributed by atoms with Crippen molar-refractivity contribution in [1.29, 1.82) is 0 Å². The van der Waals surface area contributed by atoms with Crippen LogP contribution in [0.4, 0.5) is 0 Å². The first-order chi connectivity index (χ1) is 9.47. The van der Waals surface area contributed by atoms with Crippen molar-refractivity contribution in [2.75, 3.05) is 13.1 Å². The predicted octanol–water partition coefficient (Wildman–Crippen LogP) is 3.84. The lowest BCUT2D eigenvalue weighted by molar-refractivity contribution is 0.152. The summed E-state index contributed by atoms with van der Waals surface area (Å²) < 4.78 is 0. The molecule has 0 bridgehead atoms. The van der Waals surface area contributed by atoms with Gasteiger partial charge in [0.15, 0.2) is 0 Å². The van der Waals surface area contributed by atoms with E-state index in [1.54, 1.807) is 0 Å². The van der Waals surface area contributed by atoms with Crippen molar-refractivity contribution < 1.29 is 0 Å². The zero-order chi connectivity index (χ0) is 14.7. The number of hydrogen-bond acceptors (Lipinski definition) is 2. The number of halogens is 1. The van der Waals surface area contributed by atoms with E-state index < -0.39 is 0 Å². The fourth-order valence-electron chi connectivity index (χ4n) is 2.85. The minimum absolute atomic E-state index is 0.399. The van der Waals surface area contributed by atoms with Gasteiger partial charge in [-0.1, -0.05) is 49.8 Å². The molecule has 1 saturated heterocycles. The molecule has 0 saturated carbocycles. The normalized spacial score (nSPS) is 17.6. The van der Waals surface area contributed by atoms with Gasteiger partial charge < -0.3 is 5.73 Å². The van der Waals surface area contributed by atoms with Gasteiger partial charge >= 0.3 is 0 Å². The van der Waals surface area contributed by atoms with E-state index in [9.17, 15) is 0 Å². The van der Waals surface area contributed by atoms with Crippen LogP contribution in [0.5, 0.6) is 0 Å². The number of benzene rings is 1. The maximum absolute atomic E-state index is 6.33. The molecule has 1 aromatic carbocycles. The van der Waals surface area contributed by atoms with Gasteiger partial charge in [-0.3, -0.25) is 4.90 Å². The Morgan fingerprint density at radius 1 is 1.40 bits per heavy atom. The van der Waals surface area contributed by atoms with Crippen molar-refractivity contribution in [3.05, 3.63) is 34.3 Å². The summed E-state index contributed by atoms with van der Waals surface area (Å²) in [6.07, 6.45) is 2.58. The molecular weight excluding hydrogens is 288 g/mol. The number of piperidine rings is 1. The Morgan fingerprint density at radius 3 is 2.55 bits per heavy atom. The molecule has 1 aliphatic heterocycles. The zero-order valence-corrected chi connectivity index (χ0v) is 13.8. The van der Waals surface area contributed by atoms with Crippen LogP contribution in [-0.4, -0.2) is 23.0 Å². The Morgan fingerprint density at radius 2 is 2.05 bits per heavy atom. The maximum atomic E-state index is 6.33. The molecule has 1 fully saturated rings. The Labute approximate surface area is 132 Å². The molecule has 0 unspecified atom stereocenters. The second-order valence-electron chi connectivity index (χ2n) is 6.03. The lowest BCUT2D eigenvalue weighted by Gasteiger charge is -2.34. The third kappa shape index (κ3) is 3.94. The molecule has 1 heterocycles. The summed E-state index contributed by atoms with van der Waals surface area (Å²) >= 11 is 11.3. The highest BCUT2D eigenvalue weighted by Gasteiger charge is 2.21. The average Bonchev–Trinajstić information content (AvgIpc) is 2.41. The summed E-state index contributed by atoms with van der Waals surface area (Å²) in [7, 11) is 0. The largest absolute Gasteiger partial charge is 0.389 e. The molecule has 0 radical (unpaired) electrons. The minimum Gasteiger partial charge on any atom is -0.389 e. The van der Waals surface area contributed by atoms with Gasteiger partial charge in [0.05, 0.1) is 0 Å². The van der Waals surface area contributed by atoms with Crippen LogP contribution in [0.1, 0.15) is 37.8 Å².